The highest BCUT2D eigenvalue weighted by atomic mass is 32.2. The zero-order chi connectivity index (χ0) is 13.8. The van der Waals surface area contributed by atoms with Crippen molar-refractivity contribution in [3.8, 4) is 0 Å². The summed E-state index contributed by atoms with van der Waals surface area (Å²) in [6, 6.07) is 11.2. The third kappa shape index (κ3) is 3.55. The number of aliphatic hydroxyl groups excluding tert-OH is 1. The van der Waals surface area contributed by atoms with Gasteiger partial charge in [-0.1, -0.05) is 18.2 Å². The minimum Gasteiger partial charge on any atom is -0.389 e. The van der Waals surface area contributed by atoms with E-state index in [0.29, 0.717) is 0 Å². The minimum absolute atomic E-state index is 0.0787. The molecule has 2 rings (SSSR count). The van der Waals surface area contributed by atoms with Gasteiger partial charge in [0.1, 0.15) is 11.6 Å². The predicted molar refractivity (Wildman–Crippen MR) is 73.0 cm³/mol. The van der Waals surface area contributed by atoms with E-state index in [1.807, 2.05) is 24.3 Å². The second kappa shape index (κ2) is 6.17. The van der Waals surface area contributed by atoms with E-state index in [1.165, 1.54) is 30.0 Å². The average molecular weight is 280 g/mol. The smallest absolute Gasteiger partial charge is 0.130 e. The highest BCUT2D eigenvalue weighted by Gasteiger charge is 2.09. The van der Waals surface area contributed by atoms with Crippen LogP contribution in [0.25, 0.3) is 0 Å². The summed E-state index contributed by atoms with van der Waals surface area (Å²) >= 11 is 1.34. The van der Waals surface area contributed by atoms with Crippen molar-refractivity contribution in [3.05, 3.63) is 65.2 Å². The Morgan fingerprint density at radius 1 is 1.11 bits per heavy atom. The molecule has 2 aromatic rings. The summed E-state index contributed by atoms with van der Waals surface area (Å²) in [5.41, 5.74) is 0.869. The van der Waals surface area contributed by atoms with Gasteiger partial charge in [0.25, 0.3) is 0 Å². The van der Waals surface area contributed by atoms with Gasteiger partial charge < -0.3 is 5.11 Å². The van der Waals surface area contributed by atoms with Crippen LogP contribution in [-0.4, -0.2) is 5.11 Å². The van der Waals surface area contributed by atoms with Crippen LogP contribution in [0.4, 0.5) is 8.78 Å². The third-order valence-electron chi connectivity index (χ3n) is 2.79. The van der Waals surface area contributed by atoms with Crippen molar-refractivity contribution in [2.75, 3.05) is 0 Å². The molecule has 0 aliphatic rings. The fourth-order valence-corrected chi connectivity index (χ4v) is 2.67. The van der Waals surface area contributed by atoms with Crippen molar-refractivity contribution in [3.63, 3.8) is 0 Å². The lowest BCUT2D eigenvalue weighted by Crippen LogP contribution is -1.93. The number of rotatable bonds is 4. The lowest BCUT2D eigenvalue weighted by Gasteiger charge is -2.08. The van der Waals surface area contributed by atoms with Gasteiger partial charge in [0.2, 0.25) is 0 Å². The van der Waals surface area contributed by atoms with Gasteiger partial charge in [0.15, 0.2) is 0 Å². The van der Waals surface area contributed by atoms with E-state index in [4.69, 9.17) is 0 Å². The van der Waals surface area contributed by atoms with Crippen LogP contribution in [0.15, 0.2) is 47.4 Å². The fraction of sp³-hybridized carbons (Fsp3) is 0.200. The Morgan fingerprint density at radius 2 is 1.74 bits per heavy atom. The van der Waals surface area contributed by atoms with Crippen LogP contribution in [0.5, 0.6) is 0 Å². The summed E-state index contributed by atoms with van der Waals surface area (Å²) in [4.78, 5) is 0.876. The van der Waals surface area contributed by atoms with Gasteiger partial charge in [-0.3, -0.25) is 0 Å². The topological polar surface area (TPSA) is 20.2 Å². The second-order valence-electron chi connectivity index (χ2n) is 4.24. The molecule has 100 valence electrons. The molecule has 19 heavy (non-hydrogen) atoms. The fourth-order valence-electron chi connectivity index (χ4n) is 1.69. The van der Waals surface area contributed by atoms with Gasteiger partial charge in [0, 0.05) is 16.2 Å². The normalized spacial score (nSPS) is 12.4. The zero-order valence-corrected chi connectivity index (χ0v) is 11.3. The molecule has 0 amide bonds. The summed E-state index contributed by atoms with van der Waals surface area (Å²) in [7, 11) is 0. The quantitative estimate of drug-likeness (QED) is 0.842. The molecule has 0 spiro atoms. The predicted octanol–water partition coefficient (Wildman–Crippen LogP) is 4.31. The second-order valence-corrected chi connectivity index (χ2v) is 5.29. The Balaban J connectivity index is 2.12. The van der Waals surface area contributed by atoms with E-state index >= 15 is 0 Å². The number of hydrogen-bond donors (Lipinski definition) is 1. The molecule has 0 bridgehead atoms. The molecule has 1 N–H and O–H groups in total. The van der Waals surface area contributed by atoms with Crippen molar-refractivity contribution in [1.29, 1.82) is 0 Å². The molecular formula is C15H14F2OS. The first-order valence-corrected chi connectivity index (χ1v) is 6.90. The number of halogens is 2. The molecule has 0 aliphatic heterocycles. The average Bonchev–Trinajstić information content (AvgIpc) is 2.38. The first-order valence-electron chi connectivity index (χ1n) is 5.91. The molecule has 0 aliphatic carbocycles. The summed E-state index contributed by atoms with van der Waals surface area (Å²) in [5.74, 6) is -0.833. The van der Waals surface area contributed by atoms with Crippen molar-refractivity contribution >= 4 is 11.8 Å². The Kier molecular flexibility index (Phi) is 4.56. The SMILES string of the molecule is CC(O)c1cccc(SCc2c(F)cccc2F)c1. The van der Waals surface area contributed by atoms with E-state index in [-0.39, 0.29) is 11.3 Å². The Labute approximate surface area is 115 Å². The molecule has 1 unspecified atom stereocenters. The molecular weight excluding hydrogens is 266 g/mol. The van der Waals surface area contributed by atoms with E-state index in [9.17, 15) is 13.9 Å². The van der Waals surface area contributed by atoms with Crippen LogP contribution in [0.2, 0.25) is 0 Å². The lowest BCUT2D eigenvalue weighted by molar-refractivity contribution is 0.199. The van der Waals surface area contributed by atoms with Gasteiger partial charge in [-0.25, -0.2) is 8.78 Å². The monoisotopic (exact) mass is 280 g/mol. The van der Waals surface area contributed by atoms with Crippen LogP contribution in [-0.2, 0) is 5.75 Å². The van der Waals surface area contributed by atoms with Crippen LogP contribution < -0.4 is 0 Å². The molecule has 2 aromatic carbocycles. The van der Waals surface area contributed by atoms with Gasteiger partial charge in [0.05, 0.1) is 6.10 Å². The van der Waals surface area contributed by atoms with E-state index in [2.05, 4.69) is 0 Å². The number of benzene rings is 2. The minimum atomic E-state index is -0.550. The van der Waals surface area contributed by atoms with E-state index in [1.54, 1.807) is 6.92 Å². The molecule has 0 aromatic heterocycles. The molecule has 0 heterocycles. The van der Waals surface area contributed by atoms with Gasteiger partial charge in [-0.2, -0.15) is 0 Å². The van der Waals surface area contributed by atoms with Crippen molar-refractivity contribution < 1.29 is 13.9 Å². The molecule has 0 fully saturated rings. The van der Waals surface area contributed by atoms with Crippen LogP contribution in [0, 0.1) is 11.6 Å². The summed E-state index contributed by atoms with van der Waals surface area (Å²) in [5, 5.41) is 9.49. The third-order valence-corrected chi connectivity index (χ3v) is 3.81. The largest absolute Gasteiger partial charge is 0.389 e. The van der Waals surface area contributed by atoms with Crippen LogP contribution >= 0.6 is 11.8 Å². The standard InChI is InChI=1S/C15H14F2OS/c1-10(18)11-4-2-5-12(8-11)19-9-13-14(16)6-3-7-15(13)17/h2-8,10,18H,9H2,1H3. The maximum atomic E-state index is 13.5. The Hall–Kier alpha value is -1.39. The highest BCUT2D eigenvalue weighted by molar-refractivity contribution is 7.98. The summed E-state index contributed by atoms with van der Waals surface area (Å²) in [6.45, 7) is 1.68. The number of hydrogen-bond acceptors (Lipinski definition) is 2. The Bertz CT molecular complexity index is 550. The van der Waals surface area contributed by atoms with Crippen LogP contribution in [0.3, 0.4) is 0 Å². The van der Waals surface area contributed by atoms with Crippen molar-refractivity contribution in [2.45, 2.75) is 23.7 Å². The van der Waals surface area contributed by atoms with Crippen molar-refractivity contribution in [1.82, 2.24) is 0 Å². The first-order chi connectivity index (χ1) is 9.08. The van der Waals surface area contributed by atoms with Gasteiger partial charge in [-0.15, -0.1) is 11.8 Å². The summed E-state index contributed by atoms with van der Waals surface area (Å²) < 4.78 is 26.9. The first kappa shape index (κ1) is 14.0. The lowest BCUT2D eigenvalue weighted by atomic mass is 10.1. The molecule has 1 nitrogen and oxygen atoms in total. The molecule has 0 saturated carbocycles. The maximum absolute atomic E-state index is 13.5. The molecule has 4 heteroatoms. The zero-order valence-electron chi connectivity index (χ0n) is 10.4. The number of aliphatic hydroxyl groups is 1. The highest BCUT2D eigenvalue weighted by Crippen LogP contribution is 2.27. The van der Waals surface area contributed by atoms with Gasteiger partial charge >= 0.3 is 0 Å². The van der Waals surface area contributed by atoms with E-state index < -0.39 is 17.7 Å². The molecule has 0 saturated heterocycles. The number of thioether (sulfide) groups is 1. The van der Waals surface area contributed by atoms with Gasteiger partial charge in [-0.05, 0) is 36.8 Å². The molecule has 0 radical (unpaired) electrons. The van der Waals surface area contributed by atoms with Crippen molar-refractivity contribution in [2.24, 2.45) is 0 Å². The Morgan fingerprint density at radius 3 is 2.37 bits per heavy atom. The maximum Gasteiger partial charge on any atom is 0.130 e. The van der Waals surface area contributed by atoms with E-state index in [0.717, 1.165) is 10.5 Å². The summed E-state index contributed by atoms with van der Waals surface area (Å²) in [6.07, 6.45) is -0.550. The molecule has 1 atom stereocenters. The van der Waals surface area contributed by atoms with Crippen LogP contribution in [0.1, 0.15) is 24.2 Å².